The summed E-state index contributed by atoms with van der Waals surface area (Å²) in [5.74, 6) is 5.07. The summed E-state index contributed by atoms with van der Waals surface area (Å²) >= 11 is 0. The van der Waals surface area contributed by atoms with Crippen LogP contribution in [0, 0.1) is 18.8 Å². The fraction of sp³-hybridized carbons (Fsp3) is 0.286. The molecular weight excluding hydrogens is 378 g/mol. The van der Waals surface area contributed by atoms with Crippen molar-refractivity contribution in [3.05, 3.63) is 53.1 Å². The predicted octanol–water partition coefficient (Wildman–Crippen LogP) is 2.93. The molecule has 0 aliphatic rings. The van der Waals surface area contributed by atoms with Gasteiger partial charge in [0.25, 0.3) is 0 Å². The van der Waals surface area contributed by atoms with Gasteiger partial charge in [0.1, 0.15) is 11.5 Å². The Balaban J connectivity index is 2.84. The molecule has 0 spiro atoms. The highest BCUT2D eigenvalue weighted by Crippen LogP contribution is 2.40. The van der Waals surface area contributed by atoms with Crippen LogP contribution in [0.15, 0.2) is 46.2 Å². The maximum atomic E-state index is 13.6. The van der Waals surface area contributed by atoms with E-state index in [9.17, 15) is 13.2 Å². The van der Waals surface area contributed by atoms with Gasteiger partial charge in [-0.05, 0) is 47.7 Å². The third-order valence-corrected chi connectivity index (χ3v) is 5.83. The summed E-state index contributed by atoms with van der Waals surface area (Å²) in [6.07, 6.45) is -1.09. The van der Waals surface area contributed by atoms with E-state index in [1.807, 2.05) is 20.8 Å². The molecule has 2 aromatic rings. The van der Waals surface area contributed by atoms with Crippen molar-refractivity contribution < 1.29 is 23.1 Å². The molecule has 3 N–H and O–H groups in total. The quantitative estimate of drug-likeness (QED) is 0.769. The number of aryl methyl sites for hydroxylation is 1. The highest BCUT2D eigenvalue weighted by atomic mass is 32.2. The van der Waals surface area contributed by atoms with E-state index < -0.39 is 21.3 Å². The lowest BCUT2D eigenvalue weighted by Crippen LogP contribution is -2.23. The van der Waals surface area contributed by atoms with Crippen molar-refractivity contribution >= 4 is 15.9 Å². The smallest absolute Gasteiger partial charge is 0.409 e. The summed E-state index contributed by atoms with van der Waals surface area (Å²) in [5, 5.41) is 8.86. The highest BCUT2D eigenvalue weighted by Gasteiger charge is 2.33. The predicted molar refractivity (Wildman–Crippen MR) is 106 cm³/mol. The first-order valence-corrected chi connectivity index (χ1v) is 10.0. The number of carbonyl (C=O) groups is 1. The number of aliphatic hydroxyl groups is 1. The van der Waals surface area contributed by atoms with E-state index in [0.29, 0.717) is 11.1 Å². The van der Waals surface area contributed by atoms with E-state index >= 15 is 0 Å². The lowest BCUT2D eigenvalue weighted by atomic mass is 9.84. The minimum absolute atomic E-state index is 0.00246. The molecule has 0 heterocycles. The van der Waals surface area contributed by atoms with E-state index in [1.54, 1.807) is 25.1 Å². The lowest BCUT2D eigenvalue weighted by molar-refractivity contribution is 0.209. The summed E-state index contributed by atoms with van der Waals surface area (Å²) in [4.78, 5) is 11.3. The van der Waals surface area contributed by atoms with E-state index in [4.69, 9.17) is 15.6 Å². The molecule has 0 atom stereocenters. The molecule has 28 heavy (non-hydrogen) atoms. The summed E-state index contributed by atoms with van der Waals surface area (Å²) < 4.78 is 32.1. The number of hydrogen-bond acceptors (Lipinski definition) is 5. The Bertz CT molecular complexity index is 1070. The van der Waals surface area contributed by atoms with Gasteiger partial charge in [-0.2, -0.15) is 0 Å². The van der Waals surface area contributed by atoms with Gasteiger partial charge in [-0.3, -0.25) is 0 Å². The van der Waals surface area contributed by atoms with Crippen LogP contribution in [-0.2, 0) is 15.3 Å². The monoisotopic (exact) mass is 401 g/mol. The molecule has 6 nitrogen and oxygen atoms in total. The summed E-state index contributed by atoms with van der Waals surface area (Å²) in [6, 6.07) is 9.20. The van der Waals surface area contributed by atoms with Crippen molar-refractivity contribution in [3.8, 4) is 17.6 Å². The fourth-order valence-corrected chi connectivity index (χ4v) is 4.94. The SMILES string of the molecule is Cc1ccc(OC(N)=O)c(S(=O)(=O)c2cccc(C#CCO)c2)c1C(C)(C)C. The molecular formula is C21H23NO5S. The first-order chi connectivity index (χ1) is 13.0. The number of aliphatic hydroxyl groups excluding tert-OH is 1. The Morgan fingerprint density at radius 2 is 1.89 bits per heavy atom. The molecule has 1 amide bonds. The number of carbonyl (C=O) groups excluding carboxylic acids is 1. The van der Waals surface area contributed by atoms with Gasteiger partial charge in [-0.15, -0.1) is 0 Å². The number of rotatable bonds is 3. The summed E-state index contributed by atoms with van der Waals surface area (Å²) in [5.41, 5.74) is 6.34. The Hall–Kier alpha value is -2.82. The fourth-order valence-electron chi connectivity index (χ4n) is 3.05. The molecule has 0 saturated carbocycles. The molecule has 0 radical (unpaired) electrons. The average molecular weight is 401 g/mol. The second-order valence-electron chi connectivity index (χ2n) is 7.25. The molecule has 2 rings (SSSR count). The largest absolute Gasteiger partial charge is 0.410 e. The number of hydrogen-bond donors (Lipinski definition) is 2. The molecule has 7 heteroatoms. The Kier molecular flexibility index (Phi) is 6.17. The molecule has 0 bridgehead atoms. The van der Waals surface area contributed by atoms with E-state index in [2.05, 4.69) is 11.8 Å². The maximum absolute atomic E-state index is 13.6. The van der Waals surface area contributed by atoms with Gasteiger partial charge in [0, 0.05) is 5.56 Å². The van der Waals surface area contributed by atoms with Crippen LogP contribution < -0.4 is 10.5 Å². The lowest BCUT2D eigenvalue weighted by Gasteiger charge is -2.26. The van der Waals surface area contributed by atoms with Gasteiger partial charge < -0.3 is 15.6 Å². The van der Waals surface area contributed by atoms with Crippen LogP contribution in [0.3, 0.4) is 0 Å². The zero-order valence-corrected chi connectivity index (χ0v) is 17.1. The minimum atomic E-state index is -4.06. The number of amides is 1. The normalized spacial score (nSPS) is 11.5. The van der Waals surface area contributed by atoms with Crippen molar-refractivity contribution in [2.75, 3.05) is 6.61 Å². The Morgan fingerprint density at radius 1 is 1.21 bits per heavy atom. The number of ether oxygens (including phenoxy) is 1. The van der Waals surface area contributed by atoms with Crippen molar-refractivity contribution in [1.29, 1.82) is 0 Å². The van der Waals surface area contributed by atoms with E-state index in [1.165, 1.54) is 18.2 Å². The van der Waals surface area contributed by atoms with Gasteiger partial charge in [-0.1, -0.05) is 44.7 Å². The molecule has 2 aromatic carbocycles. The van der Waals surface area contributed by atoms with Gasteiger partial charge in [0.05, 0.1) is 4.90 Å². The number of nitrogens with two attached hydrogens (primary N) is 1. The van der Waals surface area contributed by atoms with Crippen LogP contribution in [0.25, 0.3) is 0 Å². The van der Waals surface area contributed by atoms with Crippen LogP contribution in [0.4, 0.5) is 4.79 Å². The minimum Gasteiger partial charge on any atom is -0.409 e. The summed E-state index contributed by atoms with van der Waals surface area (Å²) in [7, 11) is -4.06. The van der Waals surface area contributed by atoms with Gasteiger partial charge >= 0.3 is 6.09 Å². The Morgan fingerprint density at radius 3 is 2.46 bits per heavy atom. The number of benzene rings is 2. The van der Waals surface area contributed by atoms with Crippen molar-refractivity contribution in [3.63, 3.8) is 0 Å². The average Bonchev–Trinajstić information content (AvgIpc) is 2.60. The van der Waals surface area contributed by atoms with Crippen LogP contribution in [0.2, 0.25) is 0 Å². The molecule has 0 fully saturated rings. The van der Waals surface area contributed by atoms with Crippen LogP contribution in [-0.4, -0.2) is 26.2 Å². The van der Waals surface area contributed by atoms with Gasteiger partial charge in [0.2, 0.25) is 9.84 Å². The summed E-state index contributed by atoms with van der Waals surface area (Å²) in [6.45, 7) is 7.11. The third-order valence-electron chi connectivity index (χ3n) is 4.02. The zero-order valence-electron chi connectivity index (χ0n) is 16.2. The molecule has 0 aromatic heterocycles. The second kappa shape index (κ2) is 8.05. The first-order valence-electron chi connectivity index (χ1n) is 8.54. The van der Waals surface area contributed by atoms with Crippen molar-refractivity contribution in [1.82, 2.24) is 0 Å². The molecule has 0 unspecified atom stereocenters. The maximum Gasteiger partial charge on any atom is 0.410 e. The standard InChI is InChI=1S/C21H23NO5S/c1-14-10-11-17(27-20(22)24)19(18(14)21(2,3)4)28(25,26)16-9-5-7-15(13-16)8-6-12-23/h5,7,9-11,13,23H,12H2,1-4H3,(H2,22,24). The van der Waals surface area contributed by atoms with Gasteiger partial charge in [-0.25, -0.2) is 13.2 Å². The molecule has 0 aliphatic carbocycles. The highest BCUT2D eigenvalue weighted by molar-refractivity contribution is 7.91. The first kappa shape index (κ1) is 21.5. The van der Waals surface area contributed by atoms with Crippen LogP contribution >= 0.6 is 0 Å². The molecule has 0 aliphatic heterocycles. The van der Waals surface area contributed by atoms with Crippen LogP contribution in [0.5, 0.6) is 5.75 Å². The molecule has 148 valence electrons. The zero-order chi connectivity index (χ0) is 21.1. The van der Waals surface area contributed by atoms with Crippen molar-refractivity contribution in [2.45, 2.75) is 42.9 Å². The Labute approximate surface area is 165 Å². The topological polar surface area (TPSA) is 107 Å². The van der Waals surface area contributed by atoms with E-state index in [-0.39, 0.29) is 22.1 Å². The third kappa shape index (κ3) is 4.53. The number of sulfone groups is 1. The van der Waals surface area contributed by atoms with Gasteiger partial charge in [0.15, 0.2) is 5.75 Å². The van der Waals surface area contributed by atoms with E-state index in [0.717, 1.165) is 5.56 Å². The molecule has 0 saturated heterocycles. The van der Waals surface area contributed by atoms with Crippen molar-refractivity contribution in [2.24, 2.45) is 5.73 Å². The second-order valence-corrected chi connectivity index (χ2v) is 9.13. The number of primary amides is 1. The van der Waals surface area contributed by atoms with Crippen LogP contribution in [0.1, 0.15) is 37.5 Å².